The van der Waals surface area contributed by atoms with Crippen LogP contribution in [0.1, 0.15) is 5.76 Å². The van der Waals surface area contributed by atoms with Gasteiger partial charge in [-0.05, 0) is 34.1 Å². The van der Waals surface area contributed by atoms with Crippen LogP contribution < -0.4 is 10.1 Å². The molecule has 0 radical (unpaired) electrons. The molecule has 1 heterocycles. The Morgan fingerprint density at radius 3 is 2.76 bits per heavy atom. The SMILES string of the molecule is COc1cc(Br)cc(NCc2occc2Br)c1. The first-order chi connectivity index (χ1) is 8.19. The number of rotatable bonds is 4. The second-order valence-electron chi connectivity index (χ2n) is 3.43. The number of methoxy groups -OCH3 is 1. The minimum atomic E-state index is 0.618. The lowest BCUT2D eigenvalue weighted by Gasteiger charge is -2.08. The van der Waals surface area contributed by atoms with Gasteiger partial charge >= 0.3 is 0 Å². The van der Waals surface area contributed by atoms with Gasteiger partial charge in [0.25, 0.3) is 0 Å². The summed E-state index contributed by atoms with van der Waals surface area (Å²) in [5.41, 5.74) is 0.972. The maximum atomic E-state index is 5.32. The van der Waals surface area contributed by atoms with Crippen LogP contribution in [0.5, 0.6) is 5.75 Å². The van der Waals surface area contributed by atoms with Gasteiger partial charge in [0.15, 0.2) is 0 Å². The van der Waals surface area contributed by atoms with Crippen molar-refractivity contribution in [1.29, 1.82) is 0 Å². The number of hydrogen-bond donors (Lipinski definition) is 1. The van der Waals surface area contributed by atoms with E-state index >= 15 is 0 Å². The van der Waals surface area contributed by atoms with Gasteiger partial charge in [0.1, 0.15) is 11.5 Å². The molecule has 1 N–H and O–H groups in total. The van der Waals surface area contributed by atoms with E-state index in [1.807, 2.05) is 24.3 Å². The first-order valence-electron chi connectivity index (χ1n) is 4.99. The van der Waals surface area contributed by atoms with Crippen LogP contribution >= 0.6 is 31.9 Å². The maximum absolute atomic E-state index is 5.32. The predicted octanol–water partition coefficient (Wildman–Crippen LogP) is 4.43. The monoisotopic (exact) mass is 359 g/mol. The van der Waals surface area contributed by atoms with Gasteiger partial charge in [0.05, 0.1) is 24.4 Å². The van der Waals surface area contributed by atoms with E-state index in [-0.39, 0.29) is 0 Å². The molecule has 0 aliphatic rings. The quantitative estimate of drug-likeness (QED) is 0.875. The van der Waals surface area contributed by atoms with Gasteiger partial charge in [0, 0.05) is 16.2 Å². The lowest BCUT2D eigenvalue weighted by atomic mass is 10.3. The van der Waals surface area contributed by atoms with E-state index in [1.165, 1.54) is 0 Å². The molecule has 1 aromatic carbocycles. The van der Waals surface area contributed by atoms with Crippen LogP contribution in [-0.2, 0) is 6.54 Å². The topological polar surface area (TPSA) is 34.4 Å². The molecule has 1 aromatic heterocycles. The van der Waals surface area contributed by atoms with Crippen molar-refractivity contribution in [3.8, 4) is 5.75 Å². The van der Waals surface area contributed by atoms with Crippen molar-refractivity contribution in [2.24, 2.45) is 0 Å². The van der Waals surface area contributed by atoms with Gasteiger partial charge in [-0.1, -0.05) is 15.9 Å². The van der Waals surface area contributed by atoms with Crippen LogP contribution in [0, 0.1) is 0 Å². The first-order valence-corrected chi connectivity index (χ1v) is 6.58. The largest absolute Gasteiger partial charge is 0.497 e. The van der Waals surface area contributed by atoms with Crippen LogP contribution in [0.2, 0.25) is 0 Å². The molecule has 0 spiro atoms. The fraction of sp³-hybridized carbons (Fsp3) is 0.167. The van der Waals surface area contributed by atoms with Gasteiger partial charge in [-0.25, -0.2) is 0 Å². The summed E-state index contributed by atoms with van der Waals surface area (Å²) in [7, 11) is 1.65. The van der Waals surface area contributed by atoms with Crippen LogP contribution in [0.25, 0.3) is 0 Å². The summed E-state index contributed by atoms with van der Waals surface area (Å²) < 4.78 is 12.4. The first kappa shape index (κ1) is 12.5. The Labute approximate surface area is 116 Å². The van der Waals surface area contributed by atoms with Crippen molar-refractivity contribution in [3.05, 3.63) is 45.2 Å². The van der Waals surface area contributed by atoms with Crippen LogP contribution in [-0.4, -0.2) is 7.11 Å². The summed E-state index contributed by atoms with van der Waals surface area (Å²) >= 11 is 6.85. The fourth-order valence-corrected chi connectivity index (χ4v) is 2.23. The van der Waals surface area contributed by atoms with E-state index in [2.05, 4.69) is 37.2 Å². The Bertz CT molecular complexity index is 511. The molecule has 0 aliphatic heterocycles. The molecule has 0 fully saturated rings. The van der Waals surface area contributed by atoms with Crippen molar-refractivity contribution >= 4 is 37.5 Å². The minimum Gasteiger partial charge on any atom is -0.497 e. The van der Waals surface area contributed by atoms with E-state index in [9.17, 15) is 0 Å². The molecule has 0 aliphatic carbocycles. The summed E-state index contributed by atoms with van der Waals surface area (Å²) in [5.74, 6) is 1.67. The highest BCUT2D eigenvalue weighted by Gasteiger charge is 2.04. The van der Waals surface area contributed by atoms with Crippen LogP contribution in [0.15, 0.2) is 43.9 Å². The Kier molecular flexibility index (Phi) is 4.12. The van der Waals surface area contributed by atoms with Crippen molar-refractivity contribution in [2.45, 2.75) is 6.54 Å². The third-order valence-electron chi connectivity index (χ3n) is 2.25. The number of anilines is 1. The molecule has 0 atom stereocenters. The van der Waals surface area contributed by atoms with Crippen LogP contribution in [0.3, 0.4) is 0 Å². The van der Waals surface area contributed by atoms with E-state index in [1.54, 1.807) is 13.4 Å². The summed E-state index contributed by atoms with van der Waals surface area (Å²) in [6.45, 7) is 0.618. The zero-order valence-electron chi connectivity index (χ0n) is 9.17. The molecule has 0 unspecified atom stereocenters. The Balaban J connectivity index is 2.09. The van der Waals surface area contributed by atoms with Gasteiger partial charge < -0.3 is 14.5 Å². The Morgan fingerprint density at radius 1 is 1.29 bits per heavy atom. The minimum absolute atomic E-state index is 0.618. The predicted molar refractivity (Wildman–Crippen MR) is 74.4 cm³/mol. The van der Waals surface area contributed by atoms with Gasteiger partial charge in [-0.3, -0.25) is 0 Å². The molecule has 3 nitrogen and oxygen atoms in total. The second kappa shape index (κ2) is 5.60. The molecule has 0 bridgehead atoms. The molecule has 0 saturated carbocycles. The number of hydrogen-bond acceptors (Lipinski definition) is 3. The lowest BCUT2D eigenvalue weighted by molar-refractivity contribution is 0.414. The number of nitrogens with one attached hydrogen (secondary N) is 1. The van der Waals surface area contributed by atoms with Crippen molar-refractivity contribution in [1.82, 2.24) is 0 Å². The Morgan fingerprint density at radius 2 is 2.12 bits per heavy atom. The van der Waals surface area contributed by atoms with E-state index < -0.39 is 0 Å². The number of furan rings is 1. The standard InChI is InChI=1S/C12H11Br2NO2/c1-16-10-5-8(13)4-9(6-10)15-7-12-11(14)2-3-17-12/h2-6,15H,7H2,1H3. The number of ether oxygens (including phenoxy) is 1. The highest BCUT2D eigenvalue weighted by molar-refractivity contribution is 9.10. The van der Waals surface area contributed by atoms with Crippen LogP contribution in [0.4, 0.5) is 5.69 Å². The second-order valence-corrected chi connectivity index (χ2v) is 5.20. The normalized spacial score (nSPS) is 10.3. The van der Waals surface area contributed by atoms with E-state index in [0.29, 0.717) is 6.54 Å². The summed E-state index contributed by atoms with van der Waals surface area (Å²) in [6, 6.07) is 7.70. The third-order valence-corrected chi connectivity index (χ3v) is 3.42. The third kappa shape index (κ3) is 3.26. The summed E-state index contributed by atoms with van der Waals surface area (Å²) in [4.78, 5) is 0. The fourth-order valence-electron chi connectivity index (χ4n) is 1.42. The molecule has 0 saturated heterocycles. The van der Waals surface area contributed by atoms with E-state index in [4.69, 9.17) is 9.15 Å². The molecular formula is C12H11Br2NO2. The van der Waals surface area contributed by atoms with Gasteiger partial charge in [-0.15, -0.1) is 0 Å². The summed E-state index contributed by atoms with van der Waals surface area (Å²) in [6.07, 6.45) is 1.66. The maximum Gasteiger partial charge on any atom is 0.136 e. The lowest BCUT2D eigenvalue weighted by Crippen LogP contribution is -1.99. The highest BCUT2D eigenvalue weighted by Crippen LogP contribution is 2.25. The average molecular weight is 361 g/mol. The molecule has 2 rings (SSSR count). The van der Waals surface area contributed by atoms with Crippen molar-refractivity contribution in [3.63, 3.8) is 0 Å². The molecule has 0 amide bonds. The molecule has 17 heavy (non-hydrogen) atoms. The zero-order valence-corrected chi connectivity index (χ0v) is 12.3. The number of benzene rings is 1. The van der Waals surface area contributed by atoms with E-state index in [0.717, 1.165) is 26.1 Å². The zero-order chi connectivity index (χ0) is 12.3. The molecular weight excluding hydrogens is 350 g/mol. The molecule has 90 valence electrons. The highest BCUT2D eigenvalue weighted by atomic mass is 79.9. The molecule has 5 heteroatoms. The number of halogens is 2. The average Bonchev–Trinajstić information content (AvgIpc) is 2.71. The van der Waals surface area contributed by atoms with Gasteiger partial charge in [-0.2, -0.15) is 0 Å². The Hall–Kier alpha value is -0.940. The van der Waals surface area contributed by atoms with Gasteiger partial charge in [0.2, 0.25) is 0 Å². The van der Waals surface area contributed by atoms with Crippen molar-refractivity contribution in [2.75, 3.05) is 12.4 Å². The summed E-state index contributed by atoms with van der Waals surface area (Å²) in [5, 5.41) is 3.27. The molecule has 2 aromatic rings. The smallest absolute Gasteiger partial charge is 0.136 e. The van der Waals surface area contributed by atoms with Crippen molar-refractivity contribution < 1.29 is 9.15 Å².